The average molecular weight is 300 g/mol. The number of hydrogen-bond donors (Lipinski definition) is 0. The van der Waals surface area contributed by atoms with E-state index in [4.69, 9.17) is 23.2 Å². The van der Waals surface area contributed by atoms with Gasteiger partial charge in [0.15, 0.2) is 5.78 Å². The average Bonchev–Trinajstić information content (AvgIpc) is 2.70. The number of halogens is 2. The molecule has 4 heteroatoms. The SMILES string of the molecule is CCC1CCC(C)N1CC(=O)c1ccc(Cl)cc1Cl. The minimum atomic E-state index is 0.0777. The van der Waals surface area contributed by atoms with E-state index in [0.717, 1.165) is 6.42 Å². The van der Waals surface area contributed by atoms with E-state index >= 15 is 0 Å². The summed E-state index contributed by atoms with van der Waals surface area (Å²) in [5.41, 5.74) is 0.569. The first-order valence-electron chi connectivity index (χ1n) is 6.77. The Kier molecular flexibility index (Phi) is 4.88. The van der Waals surface area contributed by atoms with Crippen molar-refractivity contribution in [1.29, 1.82) is 0 Å². The fraction of sp³-hybridized carbons (Fsp3) is 0.533. The molecule has 1 aliphatic heterocycles. The summed E-state index contributed by atoms with van der Waals surface area (Å²) < 4.78 is 0. The summed E-state index contributed by atoms with van der Waals surface area (Å²) in [6, 6.07) is 6.05. The maximum absolute atomic E-state index is 12.4. The first-order valence-corrected chi connectivity index (χ1v) is 7.52. The van der Waals surface area contributed by atoms with E-state index in [1.807, 2.05) is 0 Å². The highest BCUT2D eigenvalue weighted by Crippen LogP contribution is 2.27. The Balaban J connectivity index is 2.12. The van der Waals surface area contributed by atoms with Crippen LogP contribution in [-0.4, -0.2) is 29.3 Å². The first kappa shape index (κ1) is 14.8. The predicted molar refractivity (Wildman–Crippen MR) is 80.3 cm³/mol. The number of nitrogens with zero attached hydrogens (tertiary/aromatic N) is 1. The van der Waals surface area contributed by atoms with Crippen LogP contribution in [-0.2, 0) is 0 Å². The van der Waals surface area contributed by atoms with Gasteiger partial charge in [0.2, 0.25) is 0 Å². The Bertz CT molecular complexity index is 475. The molecule has 0 bridgehead atoms. The molecule has 0 saturated carbocycles. The number of Topliss-reactive ketones (excluding diaryl/α,β-unsaturated/α-hetero) is 1. The number of benzene rings is 1. The van der Waals surface area contributed by atoms with Gasteiger partial charge in [-0.3, -0.25) is 9.69 Å². The Morgan fingerprint density at radius 2 is 2.11 bits per heavy atom. The van der Waals surface area contributed by atoms with Crippen LogP contribution in [0.25, 0.3) is 0 Å². The first-order chi connectivity index (χ1) is 9.02. The summed E-state index contributed by atoms with van der Waals surface area (Å²) in [7, 11) is 0. The molecule has 0 spiro atoms. The molecular weight excluding hydrogens is 281 g/mol. The van der Waals surface area contributed by atoms with E-state index < -0.39 is 0 Å². The summed E-state index contributed by atoms with van der Waals surface area (Å²) in [4.78, 5) is 14.7. The second-order valence-electron chi connectivity index (χ2n) is 5.21. The Morgan fingerprint density at radius 1 is 1.37 bits per heavy atom. The molecule has 1 fully saturated rings. The fourth-order valence-electron chi connectivity index (χ4n) is 2.82. The molecule has 0 radical (unpaired) electrons. The van der Waals surface area contributed by atoms with Crippen LogP contribution < -0.4 is 0 Å². The third kappa shape index (κ3) is 3.31. The number of likely N-dealkylation sites (tertiary alicyclic amines) is 1. The lowest BCUT2D eigenvalue weighted by Gasteiger charge is -2.26. The Morgan fingerprint density at radius 3 is 2.74 bits per heavy atom. The molecular formula is C15H19Cl2NO. The molecule has 0 aromatic heterocycles. The zero-order valence-corrected chi connectivity index (χ0v) is 12.8. The van der Waals surface area contributed by atoms with Gasteiger partial charge in [-0.1, -0.05) is 30.1 Å². The van der Waals surface area contributed by atoms with Crippen LogP contribution in [0.15, 0.2) is 18.2 Å². The summed E-state index contributed by atoms with van der Waals surface area (Å²) in [5, 5.41) is 1.000. The standard InChI is InChI=1S/C15H19Cl2NO/c1-3-12-6-4-10(2)18(12)9-15(19)13-7-5-11(16)8-14(13)17/h5,7-8,10,12H,3-4,6,9H2,1-2H3. The van der Waals surface area contributed by atoms with Crippen molar-refractivity contribution in [2.45, 2.75) is 45.2 Å². The molecule has 0 N–H and O–H groups in total. The maximum atomic E-state index is 12.4. The van der Waals surface area contributed by atoms with Gasteiger partial charge in [0.25, 0.3) is 0 Å². The van der Waals surface area contributed by atoms with Gasteiger partial charge in [0.1, 0.15) is 0 Å². The topological polar surface area (TPSA) is 20.3 Å². The monoisotopic (exact) mass is 299 g/mol. The molecule has 2 unspecified atom stereocenters. The molecule has 1 aromatic rings. The van der Waals surface area contributed by atoms with E-state index in [1.165, 1.54) is 12.8 Å². The van der Waals surface area contributed by atoms with Gasteiger partial charge in [-0.15, -0.1) is 0 Å². The Labute approximate surface area is 124 Å². The molecule has 1 saturated heterocycles. The second kappa shape index (κ2) is 6.25. The maximum Gasteiger partial charge on any atom is 0.178 e. The summed E-state index contributed by atoms with van der Waals surface area (Å²) in [5.74, 6) is 0.0777. The lowest BCUT2D eigenvalue weighted by molar-refractivity contribution is 0.0889. The van der Waals surface area contributed by atoms with Gasteiger partial charge in [0, 0.05) is 22.7 Å². The Hall–Kier alpha value is -0.570. The highest BCUT2D eigenvalue weighted by Gasteiger charge is 2.31. The normalized spacial score (nSPS) is 23.8. The molecule has 1 aromatic carbocycles. The van der Waals surface area contributed by atoms with Gasteiger partial charge in [-0.2, -0.15) is 0 Å². The van der Waals surface area contributed by atoms with Gasteiger partial charge >= 0.3 is 0 Å². The molecule has 0 aliphatic carbocycles. The summed E-state index contributed by atoms with van der Waals surface area (Å²) in [6.45, 7) is 4.81. The minimum Gasteiger partial charge on any atom is -0.293 e. The predicted octanol–water partition coefficient (Wildman–Crippen LogP) is 4.44. The molecule has 1 heterocycles. The van der Waals surface area contributed by atoms with Crippen molar-refractivity contribution in [2.75, 3.05) is 6.54 Å². The van der Waals surface area contributed by atoms with Crippen molar-refractivity contribution < 1.29 is 4.79 Å². The molecule has 104 valence electrons. The number of carbonyl (C=O) groups is 1. The van der Waals surface area contributed by atoms with E-state index in [2.05, 4.69) is 18.7 Å². The van der Waals surface area contributed by atoms with Crippen molar-refractivity contribution in [3.05, 3.63) is 33.8 Å². The zero-order chi connectivity index (χ0) is 14.0. The van der Waals surface area contributed by atoms with Crippen molar-refractivity contribution in [2.24, 2.45) is 0 Å². The van der Waals surface area contributed by atoms with E-state index in [0.29, 0.717) is 34.2 Å². The van der Waals surface area contributed by atoms with Crippen LogP contribution >= 0.6 is 23.2 Å². The molecule has 0 amide bonds. The summed E-state index contributed by atoms with van der Waals surface area (Å²) >= 11 is 11.9. The quantitative estimate of drug-likeness (QED) is 0.766. The van der Waals surface area contributed by atoms with Gasteiger partial charge in [-0.05, 0) is 44.4 Å². The number of hydrogen-bond acceptors (Lipinski definition) is 2. The third-order valence-electron chi connectivity index (χ3n) is 3.98. The van der Waals surface area contributed by atoms with E-state index in [9.17, 15) is 4.79 Å². The molecule has 2 atom stereocenters. The highest BCUT2D eigenvalue weighted by molar-refractivity contribution is 6.36. The van der Waals surface area contributed by atoms with E-state index in [1.54, 1.807) is 18.2 Å². The number of ketones is 1. The zero-order valence-electron chi connectivity index (χ0n) is 11.3. The summed E-state index contributed by atoms with van der Waals surface area (Å²) in [6.07, 6.45) is 3.44. The lowest BCUT2D eigenvalue weighted by Crippen LogP contribution is -2.38. The van der Waals surface area contributed by atoms with Gasteiger partial charge in [-0.25, -0.2) is 0 Å². The molecule has 19 heavy (non-hydrogen) atoms. The van der Waals surface area contributed by atoms with Crippen LogP contribution in [0, 0.1) is 0 Å². The molecule has 2 rings (SSSR count). The highest BCUT2D eigenvalue weighted by atomic mass is 35.5. The van der Waals surface area contributed by atoms with Crippen molar-refractivity contribution in [3.63, 3.8) is 0 Å². The lowest BCUT2D eigenvalue weighted by atomic mass is 10.1. The molecule has 2 nitrogen and oxygen atoms in total. The number of carbonyl (C=O) groups excluding carboxylic acids is 1. The van der Waals surface area contributed by atoms with Crippen LogP contribution in [0.5, 0.6) is 0 Å². The van der Waals surface area contributed by atoms with Crippen molar-refractivity contribution in [3.8, 4) is 0 Å². The van der Waals surface area contributed by atoms with Crippen LogP contribution in [0.2, 0.25) is 10.0 Å². The molecule has 1 aliphatic rings. The van der Waals surface area contributed by atoms with E-state index in [-0.39, 0.29) is 5.78 Å². The third-order valence-corrected chi connectivity index (χ3v) is 4.53. The van der Waals surface area contributed by atoms with Crippen LogP contribution in [0.3, 0.4) is 0 Å². The second-order valence-corrected chi connectivity index (χ2v) is 6.05. The van der Waals surface area contributed by atoms with Crippen molar-refractivity contribution in [1.82, 2.24) is 4.90 Å². The van der Waals surface area contributed by atoms with Gasteiger partial charge < -0.3 is 0 Å². The van der Waals surface area contributed by atoms with Crippen LogP contribution in [0.4, 0.5) is 0 Å². The largest absolute Gasteiger partial charge is 0.293 e. The minimum absolute atomic E-state index is 0.0777. The fourth-order valence-corrected chi connectivity index (χ4v) is 3.33. The smallest absolute Gasteiger partial charge is 0.178 e. The number of rotatable bonds is 4. The van der Waals surface area contributed by atoms with Crippen molar-refractivity contribution >= 4 is 29.0 Å². The van der Waals surface area contributed by atoms with Crippen LogP contribution in [0.1, 0.15) is 43.5 Å². The van der Waals surface area contributed by atoms with Gasteiger partial charge in [0.05, 0.1) is 11.6 Å².